The average Bonchev–Trinajstić information content (AvgIpc) is 3.02. The molecule has 0 bridgehead atoms. The average molecular weight is 328 g/mol. The van der Waals surface area contributed by atoms with Crippen LogP contribution in [0.15, 0.2) is 17.1 Å². The number of aromatic nitrogens is 3. The van der Waals surface area contributed by atoms with Crippen LogP contribution in [0.4, 0.5) is 5.82 Å². The molecule has 0 unspecified atom stereocenters. The molecule has 8 heteroatoms. The fraction of sp³-hybridized carbons (Fsp3) is 0.500. The highest BCUT2D eigenvalue weighted by Crippen LogP contribution is 2.28. The van der Waals surface area contributed by atoms with Crippen molar-refractivity contribution in [2.45, 2.75) is 25.8 Å². The number of H-pyrrole nitrogens is 2. The van der Waals surface area contributed by atoms with Gasteiger partial charge in [0.15, 0.2) is 0 Å². The first kappa shape index (κ1) is 16.1. The summed E-state index contributed by atoms with van der Waals surface area (Å²) in [4.78, 5) is 37.4. The maximum absolute atomic E-state index is 12.0. The van der Waals surface area contributed by atoms with Crippen molar-refractivity contribution in [3.8, 4) is 6.07 Å². The minimum atomic E-state index is -0.410. The predicted molar refractivity (Wildman–Crippen MR) is 89.5 cm³/mol. The summed E-state index contributed by atoms with van der Waals surface area (Å²) in [6, 6.07) is 3.82. The predicted octanol–water partition coefficient (Wildman–Crippen LogP) is 0.838. The number of aromatic amines is 2. The van der Waals surface area contributed by atoms with E-state index in [0.717, 1.165) is 11.8 Å². The van der Waals surface area contributed by atoms with E-state index in [4.69, 9.17) is 5.26 Å². The van der Waals surface area contributed by atoms with Crippen molar-refractivity contribution in [2.24, 2.45) is 5.92 Å². The molecule has 0 aromatic carbocycles. The molecule has 0 aliphatic carbocycles. The second-order valence-corrected chi connectivity index (χ2v) is 6.25. The van der Waals surface area contributed by atoms with Gasteiger partial charge in [-0.05, 0) is 18.4 Å². The third-order valence-electron chi connectivity index (χ3n) is 4.76. The van der Waals surface area contributed by atoms with Gasteiger partial charge in [-0.25, -0.2) is 4.79 Å². The van der Waals surface area contributed by atoms with Crippen LogP contribution in [0.2, 0.25) is 0 Å². The number of nitriles is 1. The number of piperidine rings is 1. The number of amides is 1. The first-order chi connectivity index (χ1) is 11.5. The van der Waals surface area contributed by atoms with E-state index in [2.05, 4.69) is 21.9 Å². The van der Waals surface area contributed by atoms with E-state index in [-0.39, 0.29) is 18.4 Å². The number of fused-ring (bicyclic) bond motifs is 1. The molecule has 2 N–H and O–H groups in total. The molecule has 3 heterocycles. The van der Waals surface area contributed by atoms with E-state index < -0.39 is 5.69 Å². The standard InChI is InChI=1S/C16H20N6O2/c1-10-5-8-22(13(23)3-6-17)9-12(10)21(2)15-11-4-7-18-14(11)19-16(24)20-15/h4,7,10,12H,3,5,8-9H2,1-2H3,(H2,18,19,20,24)/t10-,12+/m1/s1. The molecule has 2 atom stereocenters. The van der Waals surface area contributed by atoms with Crippen LogP contribution < -0.4 is 10.6 Å². The third-order valence-corrected chi connectivity index (χ3v) is 4.76. The SMILES string of the molecule is C[C@@H]1CCN(C(=O)CC#N)C[C@@H]1N(C)c1nc(=O)[nH]c2[nH]ccc12. The number of hydrogen-bond donors (Lipinski definition) is 2. The van der Waals surface area contributed by atoms with Crippen molar-refractivity contribution in [1.82, 2.24) is 19.9 Å². The molecule has 8 nitrogen and oxygen atoms in total. The molecule has 126 valence electrons. The zero-order valence-electron chi connectivity index (χ0n) is 13.7. The van der Waals surface area contributed by atoms with Gasteiger partial charge in [-0.1, -0.05) is 6.92 Å². The molecule has 3 rings (SSSR count). The number of carbonyl (C=O) groups is 1. The Kier molecular flexibility index (Phi) is 4.25. The highest BCUT2D eigenvalue weighted by atomic mass is 16.2. The van der Waals surface area contributed by atoms with Crippen LogP contribution in [-0.2, 0) is 4.79 Å². The summed E-state index contributed by atoms with van der Waals surface area (Å²) in [7, 11) is 1.90. The Hall–Kier alpha value is -2.82. The Labute approximate surface area is 139 Å². The van der Waals surface area contributed by atoms with Crippen molar-refractivity contribution in [3.63, 3.8) is 0 Å². The summed E-state index contributed by atoms with van der Waals surface area (Å²) in [5, 5.41) is 9.58. The van der Waals surface area contributed by atoms with Crippen molar-refractivity contribution >= 4 is 22.8 Å². The molecule has 1 aliphatic heterocycles. The first-order valence-electron chi connectivity index (χ1n) is 7.96. The highest BCUT2D eigenvalue weighted by molar-refractivity contribution is 5.87. The summed E-state index contributed by atoms with van der Waals surface area (Å²) >= 11 is 0. The van der Waals surface area contributed by atoms with Crippen LogP contribution >= 0.6 is 0 Å². The molecule has 24 heavy (non-hydrogen) atoms. The Morgan fingerprint density at radius 2 is 2.38 bits per heavy atom. The molecule has 2 aromatic rings. The molecule has 1 fully saturated rings. The Balaban J connectivity index is 1.91. The maximum Gasteiger partial charge on any atom is 0.348 e. The fourth-order valence-electron chi connectivity index (χ4n) is 3.34. The van der Waals surface area contributed by atoms with Crippen molar-refractivity contribution in [2.75, 3.05) is 25.0 Å². The molecular weight excluding hydrogens is 308 g/mol. The summed E-state index contributed by atoms with van der Waals surface area (Å²) in [6.07, 6.45) is 2.51. The summed E-state index contributed by atoms with van der Waals surface area (Å²) in [5.74, 6) is 0.797. The molecular formula is C16H20N6O2. The largest absolute Gasteiger partial charge is 0.354 e. The lowest BCUT2D eigenvalue weighted by Crippen LogP contribution is -2.53. The third kappa shape index (κ3) is 2.85. The van der Waals surface area contributed by atoms with Gasteiger partial charge >= 0.3 is 5.69 Å². The van der Waals surface area contributed by atoms with Crippen LogP contribution in [0, 0.1) is 17.2 Å². The van der Waals surface area contributed by atoms with E-state index in [9.17, 15) is 9.59 Å². The van der Waals surface area contributed by atoms with Gasteiger partial charge in [0.2, 0.25) is 5.91 Å². The van der Waals surface area contributed by atoms with Crippen LogP contribution in [0.1, 0.15) is 19.8 Å². The van der Waals surface area contributed by atoms with Gasteiger partial charge in [-0.15, -0.1) is 0 Å². The number of carbonyl (C=O) groups excluding carboxylic acids is 1. The van der Waals surface area contributed by atoms with Gasteiger partial charge in [-0.3, -0.25) is 9.78 Å². The lowest BCUT2D eigenvalue weighted by Gasteiger charge is -2.42. The van der Waals surface area contributed by atoms with Crippen molar-refractivity contribution < 1.29 is 4.79 Å². The van der Waals surface area contributed by atoms with Crippen LogP contribution in [0.5, 0.6) is 0 Å². The van der Waals surface area contributed by atoms with E-state index >= 15 is 0 Å². The molecule has 0 spiro atoms. The first-order valence-corrected chi connectivity index (χ1v) is 7.96. The normalized spacial score (nSPS) is 20.8. The van der Waals surface area contributed by atoms with E-state index in [1.54, 1.807) is 11.1 Å². The van der Waals surface area contributed by atoms with Gasteiger partial charge in [-0.2, -0.15) is 10.2 Å². The number of likely N-dealkylation sites (N-methyl/N-ethyl adjacent to an activating group) is 1. The fourth-order valence-corrected chi connectivity index (χ4v) is 3.34. The molecule has 1 amide bonds. The number of nitrogens with zero attached hydrogens (tertiary/aromatic N) is 4. The van der Waals surface area contributed by atoms with Gasteiger partial charge in [0.1, 0.15) is 17.9 Å². The van der Waals surface area contributed by atoms with Gasteiger partial charge in [0, 0.05) is 26.3 Å². The molecule has 2 aromatic heterocycles. The number of anilines is 1. The Bertz CT molecular complexity index is 848. The Morgan fingerprint density at radius 1 is 1.58 bits per heavy atom. The highest BCUT2D eigenvalue weighted by Gasteiger charge is 2.32. The van der Waals surface area contributed by atoms with Crippen LogP contribution in [0.3, 0.4) is 0 Å². The second-order valence-electron chi connectivity index (χ2n) is 6.25. The second kappa shape index (κ2) is 6.35. The number of nitrogens with one attached hydrogen (secondary N) is 2. The number of likely N-dealkylation sites (tertiary alicyclic amines) is 1. The van der Waals surface area contributed by atoms with Gasteiger partial charge in [0.05, 0.1) is 17.5 Å². The van der Waals surface area contributed by atoms with Crippen LogP contribution in [0.25, 0.3) is 11.0 Å². The maximum atomic E-state index is 12.0. The summed E-state index contributed by atoms with van der Waals surface area (Å²) < 4.78 is 0. The smallest absolute Gasteiger partial charge is 0.348 e. The molecule has 1 saturated heterocycles. The number of rotatable bonds is 3. The van der Waals surface area contributed by atoms with Crippen molar-refractivity contribution in [3.05, 3.63) is 22.7 Å². The molecule has 0 saturated carbocycles. The van der Waals surface area contributed by atoms with E-state index in [0.29, 0.717) is 30.5 Å². The summed E-state index contributed by atoms with van der Waals surface area (Å²) in [6.45, 7) is 3.32. The van der Waals surface area contributed by atoms with Crippen LogP contribution in [-0.4, -0.2) is 51.9 Å². The van der Waals surface area contributed by atoms with E-state index in [1.165, 1.54) is 0 Å². The lowest BCUT2D eigenvalue weighted by molar-refractivity contribution is -0.131. The number of hydrogen-bond acceptors (Lipinski definition) is 5. The zero-order chi connectivity index (χ0) is 17.3. The van der Waals surface area contributed by atoms with Crippen molar-refractivity contribution in [1.29, 1.82) is 5.26 Å². The molecule has 1 aliphatic rings. The quantitative estimate of drug-likeness (QED) is 0.868. The Morgan fingerprint density at radius 3 is 3.12 bits per heavy atom. The van der Waals surface area contributed by atoms with Gasteiger partial charge < -0.3 is 14.8 Å². The van der Waals surface area contributed by atoms with E-state index in [1.807, 2.05) is 24.1 Å². The minimum absolute atomic E-state index is 0.0359. The minimum Gasteiger partial charge on any atom is -0.354 e. The van der Waals surface area contributed by atoms with Gasteiger partial charge in [0.25, 0.3) is 0 Å². The summed E-state index contributed by atoms with van der Waals surface area (Å²) in [5.41, 5.74) is 0.227. The zero-order valence-corrected chi connectivity index (χ0v) is 13.7. The monoisotopic (exact) mass is 328 g/mol. The lowest BCUT2D eigenvalue weighted by atomic mass is 9.92. The topological polar surface area (TPSA) is 109 Å². The molecule has 0 radical (unpaired) electrons.